The van der Waals surface area contributed by atoms with Gasteiger partial charge in [-0.3, -0.25) is 9.59 Å². The lowest BCUT2D eigenvalue weighted by Crippen LogP contribution is -2.50. The average molecular weight is 425 g/mol. The van der Waals surface area contributed by atoms with Crippen LogP contribution >= 0.6 is 0 Å². The van der Waals surface area contributed by atoms with E-state index in [0.29, 0.717) is 11.8 Å². The first kappa shape index (κ1) is 20.8. The van der Waals surface area contributed by atoms with E-state index in [2.05, 4.69) is 26.6 Å². The highest BCUT2D eigenvalue weighted by Crippen LogP contribution is 2.60. The lowest BCUT2D eigenvalue weighted by atomic mass is 9.74. The van der Waals surface area contributed by atoms with Crippen LogP contribution in [0.25, 0.3) is 0 Å². The van der Waals surface area contributed by atoms with Gasteiger partial charge in [-0.1, -0.05) is 32.3 Å². The Morgan fingerprint density at radius 1 is 0.903 bits per heavy atom. The fraction of sp³-hybridized carbons (Fsp3) is 0.720. The summed E-state index contributed by atoms with van der Waals surface area (Å²) in [4.78, 5) is 37.2. The van der Waals surface area contributed by atoms with Gasteiger partial charge in [0.25, 0.3) is 0 Å². The van der Waals surface area contributed by atoms with Crippen LogP contribution in [-0.4, -0.2) is 65.9 Å². The fourth-order valence-corrected chi connectivity index (χ4v) is 6.25. The van der Waals surface area contributed by atoms with Crippen LogP contribution in [0.15, 0.2) is 24.4 Å². The van der Waals surface area contributed by atoms with Gasteiger partial charge in [0.05, 0.1) is 0 Å². The van der Waals surface area contributed by atoms with E-state index in [1.165, 1.54) is 19.3 Å². The Kier molecular flexibility index (Phi) is 5.43. The minimum absolute atomic E-state index is 0.144. The first-order chi connectivity index (χ1) is 15.0. The number of pyridine rings is 1. The minimum atomic E-state index is -0.144. The van der Waals surface area contributed by atoms with E-state index in [9.17, 15) is 9.59 Å². The number of rotatable bonds is 3. The van der Waals surface area contributed by atoms with Crippen LogP contribution in [0.1, 0.15) is 58.3 Å². The standard InChI is InChI=1S/C25H36N4O2/c1-24(8-4-2-5-9-24)23(31)29-13-10-25(11-14-29)19-20(25)22(30)28-17-15-27(16-18-28)21-7-3-6-12-26-21/h3,6-7,12,20H,2,4-5,8-11,13-19H2,1H3/t20-/m1/s1. The lowest BCUT2D eigenvalue weighted by molar-refractivity contribution is -0.145. The van der Waals surface area contributed by atoms with E-state index in [0.717, 1.165) is 77.2 Å². The molecule has 0 unspecified atom stereocenters. The number of likely N-dealkylation sites (tertiary alicyclic amines) is 1. The van der Waals surface area contributed by atoms with Gasteiger partial charge in [0.1, 0.15) is 5.82 Å². The largest absolute Gasteiger partial charge is 0.353 e. The maximum absolute atomic E-state index is 13.2. The molecule has 2 saturated carbocycles. The fourth-order valence-electron chi connectivity index (χ4n) is 6.25. The SMILES string of the molecule is CC1(C(=O)N2CCC3(CC2)C[C@@H]3C(=O)N2CCN(c3ccccn3)CC2)CCCCC1. The van der Waals surface area contributed by atoms with Crippen molar-refractivity contribution in [1.82, 2.24) is 14.8 Å². The molecule has 2 saturated heterocycles. The average Bonchev–Trinajstić information content (AvgIpc) is 3.53. The van der Waals surface area contributed by atoms with E-state index in [1.54, 1.807) is 0 Å². The number of hydrogen-bond acceptors (Lipinski definition) is 4. The normalized spacial score (nSPS) is 27.3. The number of anilines is 1. The zero-order valence-electron chi connectivity index (χ0n) is 18.9. The Balaban J connectivity index is 1.12. The number of nitrogens with zero attached hydrogens (tertiary/aromatic N) is 4. The summed E-state index contributed by atoms with van der Waals surface area (Å²) in [6.07, 6.45) is 10.6. The molecular formula is C25H36N4O2. The number of carbonyl (C=O) groups is 2. The van der Waals surface area contributed by atoms with Crippen LogP contribution in [0.3, 0.4) is 0 Å². The van der Waals surface area contributed by atoms with Gasteiger partial charge >= 0.3 is 0 Å². The number of piperidine rings is 1. The van der Waals surface area contributed by atoms with Crippen LogP contribution < -0.4 is 4.90 Å². The third-order valence-electron chi connectivity index (χ3n) is 8.57. The van der Waals surface area contributed by atoms with Gasteiger partial charge in [0.2, 0.25) is 11.8 Å². The number of piperazine rings is 1. The van der Waals surface area contributed by atoms with Crippen molar-refractivity contribution in [3.05, 3.63) is 24.4 Å². The topological polar surface area (TPSA) is 56.8 Å². The Morgan fingerprint density at radius 2 is 1.61 bits per heavy atom. The highest BCUT2D eigenvalue weighted by molar-refractivity contribution is 5.84. The maximum atomic E-state index is 13.2. The first-order valence-corrected chi connectivity index (χ1v) is 12.3. The van der Waals surface area contributed by atoms with E-state index >= 15 is 0 Å². The second-order valence-corrected chi connectivity index (χ2v) is 10.5. The number of aromatic nitrogens is 1. The molecule has 0 radical (unpaired) electrons. The highest BCUT2D eigenvalue weighted by atomic mass is 16.2. The second kappa shape index (κ2) is 8.10. The summed E-state index contributed by atoms with van der Waals surface area (Å²) in [6, 6.07) is 5.99. The molecule has 1 aromatic heterocycles. The molecule has 4 fully saturated rings. The summed E-state index contributed by atoms with van der Waals surface area (Å²) in [6.45, 7) is 7.12. The Hall–Kier alpha value is -2.11. The van der Waals surface area contributed by atoms with Gasteiger partial charge in [-0.25, -0.2) is 4.98 Å². The molecule has 4 aliphatic rings. The summed E-state index contributed by atoms with van der Waals surface area (Å²) in [5, 5.41) is 0. The molecule has 1 aromatic rings. The molecule has 1 atom stereocenters. The molecule has 31 heavy (non-hydrogen) atoms. The van der Waals surface area contributed by atoms with Crippen LogP contribution in [0.5, 0.6) is 0 Å². The zero-order valence-corrected chi connectivity index (χ0v) is 18.9. The number of amides is 2. The molecular weight excluding hydrogens is 388 g/mol. The molecule has 168 valence electrons. The first-order valence-electron chi connectivity index (χ1n) is 12.3. The smallest absolute Gasteiger partial charge is 0.228 e. The van der Waals surface area contributed by atoms with Crippen LogP contribution in [0.4, 0.5) is 5.82 Å². The molecule has 5 rings (SSSR count). The highest BCUT2D eigenvalue weighted by Gasteiger charge is 2.60. The molecule has 0 bridgehead atoms. The molecule has 6 nitrogen and oxygen atoms in total. The van der Waals surface area contributed by atoms with E-state index in [-0.39, 0.29) is 16.7 Å². The van der Waals surface area contributed by atoms with Gasteiger partial charge in [0, 0.05) is 56.8 Å². The minimum Gasteiger partial charge on any atom is -0.353 e. The predicted molar refractivity (Wildman–Crippen MR) is 121 cm³/mol. The summed E-state index contributed by atoms with van der Waals surface area (Å²) >= 11 is 0. The van der Waals surface area contributed by atoms with Crippen molar-refractivity contribution in [3.63, 3.8) is 0 Å². The van der Waals surface area contributed by atoms with E-state index < -0.39 is 0 Å². The van der Waals surface area contributed by atoms with Gasteiger partial charge in [-0.2, -0.15) is 0 Å². The Labute approximate surface area is 186 Å². The summed E-state index contributed by atoms with van der Waals surface area (Å²) in [5.41, 5.74) is 0.0221. The number of hydrogen-bond donors (Lipinski definition) is 0. The predicted octanol–water partition coefficient (Wildman–Crippen LogP) is 3.33. The quantitative estimate of drug-likeness (QED) is 0.747. The van der Waals surface area contributed by atoms with Crippen molar-refractivity contribution in [1.29, 1.82) is 0 Å². The molecule has 0 aromatic carbocycles. The van der Waals surface area contributed by atoms with Crippen LogP contribution in [0.2, 0.25) is 0 Å². The van der Waals surface area contributed by atoms with Crippen molar-refractivity contribution < 1.29 is 9.59 Å². The molecule has 3 heterocycles. The van der Waals surface area contributed by atoms with Gasteiger partial charge in [0.15, 0.2) is 0 Å². The van der Waals surface area contributed by atoms with Gasteiger partial charge in [-0.05, 0) is 49.7 Å². The van der Waals surface area contributed by atoms with Crippen LogP contribution in [-0.2, 0) is 9.59 Å². The van der Waals surface area contributed by atoms with Crippen molar-refractivity contribution in [2.45, 2.75) is 58.3 Å². The molecule has 2 aliphatic heterocycles. The molecule has 0 N–H and O–H groups in total. The maximum Gasteiger partial charge on any atom is 0.228 e. The summed E-state index contributed by atoms with van der Waals surface area (Å²) in [7, 11) is 0. The monoisotopic (exact) mass is 424 g/mol. The molecule has 2 amide bonds. The van der Waals surface area contributed by atoms with Crippen molar-refractivity contribution in [2.24, 2.45) is 16.7 Å². The molecule has 1 spiro atoms. The van der Waals surface area contributed by atoms with Gasteiger partial charge in [-0.15, -0.1) is 0 Å². The Bertz CT molecular complexity index is 804. The third-order valence-corrected chi connectivity index (χ3v) is 8.57. The van der Waals surface area contributed by atoms with Gasteiger partial charge < -0.3 is 14.7 Å². The number of carbonyl (C=O) groups excluding carboxylic acids is 2. The summed E-state index contributed by atoms with van der Waals surface area (Å²) in [5.74, 6) is 1.90. The third kappa shape index (κ3) is 3.94. The van der Waals surface area contributed by atoms with E-state index in [4.69, 9.17) is 0 Å². The van der Waals surface area contributed by atoms with Crippen molar-refractivity contribution >= 4 is 17.6 Å². The van der Waals surface area contributed by atoms with Crippen molar-refractivity contribution in [3.8, 4) is 0 Å². The summed E-state index contributed by atoms with van der Waals surface area (Å²) < 4.78 is 0. The zero-order chi connectivity index (χ0) is 21.5. The molecule has 6 heteroatoms. The van der Waals surface area contributed by atoms with Crippen LogP contribution in [0, 0.1) is 16.7 Å². The lowest BCUT2D eigenvalue weighted by Gasteiger charge is -2.41. The van der Waals surface area contributed by atoms with E-state index in [1.807, 2.05) is 24.4 Å². The second-order valence-electron chi connectivity index (χ2n) is 10.5. The Morgan fingerprint density at radius 3 is 2.26 bits per heavy atom. The van der Waals surface area contributed by atoms with Crippen molar-refractivity contribution in [2.75, 3.05) is 44.2 Å². The molecule has 2 aliphatic carbocycles.